The molecule has 2 aromatic carbocycles. The predicted molar refractivity (Wildman–Crippen MR) is 87.9 cm³/mol. The third-order valence-electron chi connectivity index (χ3n) is 3.27. The average molecular weight is 314 g/mol. The zero-order chi connectivity index (χ0) is 15.9. The molecule has 0 aromatic heterocycles. The summed E-state index contributed by atoms with van der Waals surface area (Å²) < 4.78 is 0. The molecule has 1 amide bonds. The lowest BCUT2D eigenvalue weighted by molar-refractivity contribution is -0.117. The zero-order valence-electron chi connectivity index (χ0n) is 12.0. The van der Waals surface area contributed by atoms with Crippen LogP contribution in [0.4, 0.5) is 0 Å². The van der Waals surface area contributed by atoms with Gasteiger partial charge in [-0.3, -0.25) is 9.59 Å². The highest BCUT2D eigenvalue weighted by molar-refractivity contribution is 6.31. The summed E-state index contributed by atoms with van der Waals surface area (Å²) in [5, 5.41) is 3.27. The van der Waals surface area contributed by atoms with E-state index < -0.39 is 6.04 Å². The van der Waals surface area contributed by atoms with E-state index in [9.17, 15) is 9.59 Å². The van der Waals surface area contributed by atoms with Crippen molar-refractivity contribution in [3.63, 3.8) is 0 Å². The number of ketones is 1. The lowest BCUT2D eigenvalue weighted by Gasteiger charge is -2.19. The molecule has 0 heterocycles. The Labute approximate surface area is 134 Å². The number of carbonyl (C=O) groups excluding carboxylic acids is 2. The minimum atomic E-state index is -0.494. The van der Waals surface area contributed by atoms with Gasteiger partial charge >= 0.3 is 0 Å². The van der Waals surface area contributed by atoms with Gasteiger partial charge in [-0.15, -0.1) is 0 Å². The lowest BCUT2D eigenvalue weighted by Crippen LogP contribution is -2.28. The van der Waals surface area contributed by atoms with E-state index in [1.807, 2.05) is 12.1 Å². The smallest absolute Gasteiger partial charge is 0.243 e. The summed E-state index contributed by atoms with van der Waals surface area (Å²) in [5.74, 6) is -0.402. The van der Waals surface area contributed by atoms with E-state index in [4.69, 9.17) is 11.6 Å². The van der Waals surface area contributed by atoms with Crippen molar-refractivity contribution in [1.29, 1.82) is 0 Å². The Kier molecular flexibility index (Phi) is 5.50. The topological polar surface area (TPSA) is 46.2 Å². The second-order valence-electron chi connectivity index (χ2n) is 4.78. The molecule has 0 saturated carbocycles. The van der Waals surface area contributed by atoms with E-state index in [-0.39, 0.29) is 18.1 Å². The maximum absolute atomic E-state index is 12.4. The van der Waals surface area contributed by atoms with Crippen molar-refractivity contribution in [1.82, 2.24) is 5.32 Å². The molecule has 0 fully saturated rings. The highest BCUT2D eigenvalue weighted by Gasteiger charge is 2.20. The maximum Gasteiger partial charge on any atom is 0.243 e. The Balaban J connectivity index is 2.25. The van der Waals surface area contributed by atoms with Crippen LogP contribution in [0.3, 0.4) is 0 Å². The first-order valence-corrected chi connectivity index (χ1v) is 7.25. The van der Waals surface area contributed by atoms with Gasteiger partial charge < -0.3 is 5.32 Å². The van der Waals surface area contributed by atoms with Crippen molar-refractivity contribution in [3.8, 4) is 0 Å². The molecule has 0 bridgehead atoms. The highest BCUT2D eigenvalue weighted by atomic mass is 35.5. The third-order valence-corrected chi connectivity index (χ3v) is 3.61. The molecule has 0 aliphatic heterocycles. The normalized spacial score (nSPS) is 11.5. The number of hydrogen-bond donors (Lipinski definition) is 1. The summed E-state index contributed by atoms with van der Waals surface area (Å²) in [6.45, 7) is 3.44. The lowest BCUT2D eigenvalue weighted by atomic mass is 9.97. The SMILES string of the molecule is C=CC(=O)NC(CC(=O)c1ccccc1)c1ccccc1Cl. The van der Waals surface area contributed by atoms with Gasteiger partial charge in [0, 0.05) is 17.0 Å². The van der Waals surface area contributed by atoms with Crippen molar-refractivity contribution >= 4 is 23.3 Å². The summed E-state index contributed by atoms with van der Waals surface area (Å²) in [4.78, 5) is 24.0. The Morgan fingerprint density at radius 2 is 1.73 bits per heavy atom. The summed E-state index contributed by atoms with van der Waals surface area (Å²) in [6.07, 6.45) is 1.31. The Bertz CT molecular complexity index is 682. The average Bonchev–Trinajstić information content (AvgIpc) is 2.55. The summed E-state index contributed by atoms with van der Waals surface area (Å²) in [7, 11) is 0. The first kappa shape index (κ1) is 16.0. The van der Waals surface area contributed by atoms with Crippen molar-refractivity contribution in [2.24, 2.45) is 0 Å². The number of rotatable bonds is 6. The van der Waals surface area contributed by atoms with Gasteiger partial charge in [0.1, 0.15) is 0 Å². The molecule has 3 nitrogen and oxygen atoms in total. The van der Waals surface area contributed by atoms with Crippen LogP contribution in [-0.2, 0) is 4.79 Å². The van der Waals surface area contributed by atoms with Crippen LogP contribution in [-0.4, -0.2) is 11.7 Å². The number of carbonyl (C=O) groups is 2. The van der Waals surface area contributed by atoms with Crippen molar-refractivity contribution in [3.05, 3.63) is 83.4 Å². The van der Waals surface area contributed by atoms with Crippen molar-refractivity contribution in [2.75, 3.05) is 0 Å². The molecular formula is C18H16ClNO2. The van der Waals surface area contributed by atoms with Gasteiger partial charge in [-0.1, -0.05) is 66.7 Å². The Morgan fingerprint density at radius 1 is 1.09 bits per heavy atom. The Morgan fingerprint density at radius 3 is 2.36 bits per heavy atom. The minimum absolute atomic E-state index is 0.0603. The van der Waals surface area contributed by atoms with Gasteiger partial charge in [-0.05, 0) is 17.7 Å². The molecular weight excluding hydrogens is 298 g/mol. The van der Waals surface area contributed by atoms with Gasteiger partial charge in [-0.2, -0.15) is 0 Å². The number of hydrogen-bond acceptors (Lipinski definition) is 2. The van der Waals surface area contributed by atoms with Gasteiger partial charge in [-0.25, -0.2) is 0 Å². The molecule has 1 atom stereocenters. The monoisotopic (exact) mass is 313 g/mol. The first-order valence-electron chi connectivity index (χ1n) is 6.87. The van der Waals surface area contributed by atoms with Crippen LogP contribution in [0, 0.1) is 0 Å². The van der Waals surface area contributed by atoms with Crippen LogP contribution in [0.25, 0.3) is 0 Å². The molecule has 0 radical (unpaired) electrons. The van der Waals surface area contributed by atoms with Crippen LogP contribution < -0.4 is 5.32 Å². The minimum Gasteiger partial charge on any atom is -0.345 e. The Hall–Kier alpha value is -2.39. The quantitative estimate of drug-likeness (QED) is 0.648. The van der Waals surface area contributed by atoms with Crippen LogP contribution in [0.5, 0.6) is 0 Å². The number of amides is 1. The molecule has 0 saturated heterocycles. The fraction of sp³-hybridized carbons (Fsp3) is 0.111. The number of nitrogens with one attached hydrogen (secondary N) is 1. The highest BCUT2D eigenvalue weighted by Crippen LogP contribution is 2.26. The fourth-order valence-electron chi connectivity index (χ4n) is 2.15. The van der Waals surface area contributed by atoms with Gasteiger partial charge in [0.25, 0.3) is 0 Å². The molecule has 1 unspecified atom stereocenters. The second-order valence-corrected chi connectivity index (χ2v) is 5.19. The molecule has 2 rings (SSSR count). The van der Waals surface area contributed by atoms with Gasteiger partial charge in [0.05, 0.1) is 6.04 Å². The van der Waals surface area contributed by atoms with Crippen LogP contribution in [0.1, 0.15) is 28.4 Å². The van der Waals surface area contributed by atoms with E-state index in [1.54, 1.807) is 42.5 Å². The summed E-state index contributed by atoms with van der Waals surface area (Å²) in [5.41, 5.74) is 1.32. The molecule has 112 valence electrons. The second kappa shape index (κ2) is 7.57. The predicted octanol–water partition coefficient (Wildman–Crippen LogP) is 3.96. The molecule has 22 heavy (non-hydrogen) atoms. The molecule has 0 aliphatic rings. The van der Waals surface area contributed by atoms with E-state index in [0.29, 0.717) is 16.1 Å². The largest absolute Gasteiger partial charge is 0.345 e. The molecule has 1 N–H and O–H groups in total. The number of benzene rings is 2. The van der Waals surface area contributed by atoms with Crippen molar-refractivity contribution < 1.29 is 9.59 Å². The molecule has 0 spiro atoms. The first-order chi connectivity index (χ1) is 10.6. The molecule has 2 aromatic rings. The van der Waals surface area contributed by atoms with E-state index >= 15 is 0 Å². The molecule has 4 heteroatoms. The maximum atomic E-state index is 12.4. The van der Waals surface area contributed by atoms with Crippen LogP contribution in [0.2, 0.25) is 5.02 Å². The van der Waals surface area contributed by atoms with E-state index in [0.717, 1.165) is 0 Å². The standard InChI is InChI=1S/C18H16ClNO2/c1-2-18(22)20-16(14-10-6-7-11-15(14)19)12-17(21)13-8-4-3-5-9-13/h2-11,16H,1,12H2,(H,20,22). The summed E-state index contributed by atoms with van der Waals surface area (Å²) >= 11 is 6.19. The zero-order valence-corrected chi connectivity index (χ0v) is 12.7. The number of halogens is 1. The van der Waals surface area contributed by atoms with Crippen LogP contribution in [0.15, 0.2) is 67.3 Å². The summed E-state index contributed by atoms with van der Waals surface area (Å²) in [6, 6.07) is 15.6. The van der Waals surface area contributed by atoms with Crippen LogP contribution >= 0.6 is 11.6 Å². The van der Waals surface area contributed by atoms with Crippen molar-refractivity contribution in [2.45, 2.75) is 12.5 Å². The van der Waals surface area contributed by atoms with E-state index in [2.05, 4.69) is 11.9 Å². The number of Topliss-reactive ketones (excluding diaryl/α,β-unsaturated/α-hetero) is 1. The third kappa shape index (κ3) is 4.06. The van der Waals surface area contributed by atoms with E-state index in [1.165, 1.54) is 6.08 Å². The van der Waals surface area contributed by atoms with Gasteiger partial charge in [0.15, 0.2) is 5.78 Å². The fourth-order valence-corrected chi connectivity index (χ4v) is 2.42. The molecule has 0 aliphatic carbocycles. The van der Waals surface area contributed by atoms with Gasteiger partial charge in [0.2, 0.25) is 5.91 Å².